The summed E-state index contributed by atoms with van der Waals surface area (Å²) in [6.07, 6.45) is 0. The molecule has 102 valence electrons. The fourth-order valence-corrected chi connectivity index (χ4v) is 2.43. The van der Waals surface area contributed by atoms with Crippen molar-refractivity contribution < 1.29 is 14.6 Å². The van der Waals surface area contributed by atoms with Crippen molar-refractivity contribution in [1.82, 2.24) is 4.90 Å². The van der Waals surface area contributed by atoms with Gasteiger partial charge in [-0.15, -0.1) is 0 Å². The summed E-state index contributed by atoms with van der Waals surface area (Å²) in [5, 5.41) is 9.27. The summed E-state index contributed by atoms with van der Waals surface area (Å²) < 4.78 is 5.18. The Morgan fingerprint density at radius 3 is 2.65 bits per heavy atom. The lowest BCUT2D eigenvalue weighted by atomic mass is 10.1. The standard InChI is InChI=1S/C16H15NO3/c1-20-14-6-7-15-12(8-14)10-17(16(15)19)9-11-2-4-13(18)5-3-11/h2-8,18H,9-10H2,1H3. The molecule has 0 aliphatic carbocycles. The van der Waals surface area contributed by atoms with Gasteiger partial charge in [-0.25, -0.2) is 0 Å². The molecule has 1 aliphatic rings. The Hall–Kier alpha value is -2.49. The van der Waals surface area contributed by atoms with Gasteiger partial charge in [-0.05, 0) is 41.5 Å². The second-order valence-electron chi connectivity index (χ2n) is 4.85. The first-order valence-corrected chi connectivity index (χ1v) is 6.41. The lowest BCUT2D eigenvalue weighted by molar-refractivity contribution is 0.0766. The number of phenols is 1. The number of nitrogens with zero attached hydrogens (tertiary/aromatic N) is 1. The Labute approximate surface area is 117 Å². The third-order valence-corrected chi connectivity index (χ3v) is 3.50. The van der Waals surface area contributed by atoms with E-state index in [4.69, 9.17) is 4.74 Å². The predicted molar refractivity (Wildman–Crippen MR) is 74.7 cm³/mol. The third-order valence-electron chi connectivity index (χ3n) is 3.50. The zero-order valence-electron chi connectivity index (χ0n) is 11.2. The molecular formula is C16H15NO3. The molecule has 4 nitrogen and oxygen atoms in total. The Morgan fingerprint density at radius 1 is 1.20 bits per heavy atom. The predicted octanol–water partition coefficient (Wildman–Crippen LogP) is 2.56. The fourth-order valence-electron chi connectivity index (χ4n) is 2.43. The Morgan fingerprint density at radius 2 is 1.95 bits per heavy atom. The zero-order valence-corrected chi connectivity index (χ0v) is 11.2. The smallest absolute Gasteiger partial charge is 0.254 e. The summed E-state index contributed by atoms with van der Waals surface area (Å²) in [6.45, 7) is 1.13. The van der Waals surface area contributed by atoms with Crippen LogP contribution in [0.4, 0.5) is 0 Å². The molecule has 0 unspecified atom stereocenters. The number of carbonyl (C=O) groups is 1. The molecule has 20 heavy (non-hydrogen) atoms. The van der Waals surface area contributed by atoms with Crippen molar-refractivity contribution in [3.8, 4) is 11.5 Å². The monoisotopic (exact) mass is 269 g/mol. The van der Waals surface area contributed by atoms with E-state index in [0.717, 1.165) is 22.4 Å². The average molecular weight is 269 g/mol. The molecule has 0 atom stereocenters. The molecule has 4 heteroatoms. The van der Waals surface area contributed by atoms with Gasteiger partial charge in [-0.2, -0.15) is 0 Å². The van der Waals surface area contributed by atoms with Crippen LogP contribution in [0.1, 0.15) is 21.5 Å². The van der Waals surface area contributed by atoms with Gasteiger partial charge in [-0.1, -0.05) is 12.1 Å². The van der Waals surface area contributed by atoms with Crippen molar-refractivity contribution in [2.45, 2.75) is 13.1 Å². The fraction of sp³-hybridized carbons (Fsp3) is 0.188. The second-order valence-corrected chi connectivity index (χ2v) is 4.85. The number of fused-ring (bicyclic) bond motifs is 1. The molecule has 0 aromatic heterocycles. The van der Waals surface area contributed by atoms with Gasteiger partial charge in [0.25, 0.3) is 5.91 Å². The molecule has 1 amide bonds. The third kappa shape index (κ3) is 2.20. The van der Waals surface area contributed by atoms with Gasteiger partial charge in [0.15, 0.2) is 0 Å². The first-order valence-electron chi connectivity index (χ1n) is 6.41. The van der Waals surface area contributed by atoms with E-state index in [9.17, 15) is 9.90 Å². The Bertz CT molecular complexity index is 649. The molecule has 0 radical (unpaired) electrons. The number of phenolic OH excluding ortho intramolecular Hbond substituents is 1. The number of aromatic hydroxyl groups is 1. The van der Waals surface area contributed by atoms with E-state index in [-0.39, 0.29) is 11.7 Å². The summed E-state index contributed by atoms with van der Waals surface area (Å²) in [7, 11) is 1.62. The molecule has 2 aromatic rings. The van der Waals surface area contributed by atoms with Crippen LogP contribution in [0, 0.1) is 0 Å². The molecule has 1 heterocycles. The molecule has 0 saturated heterocycles. The second kappa shape index (κ2) is 4.89. The molecule has 2 aromatic carbocycles. The first kappa shape index (κ1) is 12.5. The van der Waals surface area contributed by atoms with Crippen LogP contribution in [-0.2, 0) is 13.1 Å². The number of amides is 1. The van der Waals surface area contributed by atoms with E-state index in [1.54, 1.807) is 30.2 Å². The molecule has 0 saturated carbocycles. The molecule has 1 aliphatic heterocycles. The Balaban J connectivity index is 1.81. The van der Waals surface area contributed by atoms with Crippen molar-refractivity contribution in [3.05, 3.63) is 59.2 Å². The molecular weight excluding hydrogens is 254 g/mol. The average Bonchev–Trinajstić information content (AvgIpc) is 2.77. The number of methoxy groups -OCH3 is 1. The highest BCUT2D eigenvalue weighted by molar-refractivity contribution is 5.98. The number of hydrogen-bond donors (Lipinski definition) is 1. The minimum Gasteiger partial charge on any atom is -0.508 e. The van der Waals surface area contributed by atoms with Crippen molar-refractivity contribution in [3.63, 3.8) is 0 Å². The summed E-state index contributed by atoms with van der Waals surface area (Å²) in [5.41, 5.74) is 2.73. The van der Waals surface area contributed by atoms with Crippen LogP contribution in [0.3, 0.4) is 0 Å². The summed E-state index contributed by atoms with van der Waals surface area (Å²) >= 11 is 0. The highest BCUT2D eigenvalue weighted by Gasteiger charge is 2.27. The summed E-state index contributed by atoms with van der Waals surface area (Å²) in [4.78, 5) is 14.1. The molecule has 0 bridgehead atoms. The maximum absolute atomic E-state index is 12.3. The highest BCUT2D eigenvalue weighted by Crippen LogP contribution is 2.28. The lowest BCUT2D eigenvalue weighted by Gasteiger charge is -2.15. The molecule has 1 N–H and O–H groups in total. The maximum Gasteiger partial charge on any atom is 0.254 e. The normalized spacial score (nSPS) is 13.4. The lowest BCUT2D eigenvalue weighted by Crippen LogP contribution is -2.23. The van der Waals surface area contributed by atoms with Crippen molar-refractivity contribution in [2.24, 2.45) is 0 Å². The highest BCUT2D eigenvalue weighted by atomic mass is 16.5. The van der Waals surface area contributed by atoms with Gasteiger partial charge >= 0.3 is 0 Å². The van der Waals surface area contributed by atoms with Crippen molar-refractivity contribution >= 4 is 5.91 Å². The first-order chi connectivity index (χ1) is 9.67. The van der Waals surface area contributed by atoms with Crippen LogP contribution < -0.4 is 4.74 Å². The molecule has 0 spiro atoms. The van der Waals surface area contributed by atoms with Crippen LogP contribution in [-0.4, -0.2) is 23.0 Å². The van der Waals surface area contributed by atoms with Gasteiger partial charge < -0.3 is 14.7 Å². The van der Waals surface area contributed by atoms with E-state index >= 15 is 0 Å². The number of carbonyl (C=O) groups excluding carboxylic acids is 1. The van der Waals surface area contributed by atoms with Crippen LogP contribution in [0.15, 0.2) is 42.5 Å². The Kier molecular flexibility index (Phi) is 3.06. The maximum atomic E-state index is 12.3. The SMILES string of the molecule is COc1ccc2c(c1)CN(Cc1ccc(O)cc1)C2=O. The van der Waals surface area contributed by atoms with Gasteiger partial charge in [0.05, 0.1) is 7.11 Å². The summed E-state index contributed by atoms with van der Waals surface area (Å²) in [6, 6.07) is 12.4. The van der Waals surface area contributed by atoms with Gasteiger partial charge in [0.1, 0.15) is 11.5 Å². The van der Waals surface area contributed by atoms with E-state index in [1.165, 1.54) is 0 Å². The van der Waals surface area contributed by atoms with Crippen molar-refractivity contribution in [2.75, 3.05) is 7.11 Å². The quantitative estimate of drug-likeness (QED) is 0.931. The van der Waals surface area contributed by atoms with E-state index in [2.05, 4.69) is 0 Å². The van der Waals surface area contributed by atoms with Crippen molar-refractivity contribution in [1.29, 1.82) is 0 Å². The van der Waals surface area contributed by atoms with Gasteiger partial charge in [0.2, 0.25) is 0 Å². The number of rotatable bonds is 3. The largest absolute Gasteiger partial charge is 0.508 e. The topological polar surface area (TPSA) is 49.8 Å². The zero-order chi connectivity index (χ0) is 14.1. The van der Waals surface area contributed by atoms with E-state index in [0.29, 0.717) is 13.1 Å². The van der Waals surface area contributed by atoms with Gasteiger partial charge in [0, 0.05) is 18.7 Å². The van der Waals surface area contributed by atoms with Gasteiger partial charge in [-0.3, -0.25) is 4.79 Å². The summed E-state index contributed by atoms with van der Waals surface area (Å²) in [5.74, 6) is 1.04. The number of hydrogen-bond acceptors (Lipinski definition) is 3. The minimum atomic E-state index is 0.0377. The minimum absolute atomic E-state index is 0.0377. The van der Waals surface area contributed by atoms with E-state index < -0.39 is 0 Å². The van der Waals surface area contributed by atoms with Crippen LogP contribution >= 0.6 is 0 Å². The van der Waals surface area contributed by atoms with E-state index in [1.807, 2.05) is 24.3 Å². The molecule has 0 fully saturated rings. The van der Waals surface area contributed by atoms with Crippen LogP contribution in [0.25, 0.3) is 0 Å². The number of benzene rings is 2. The number of ether oxygens (including phenoxy) is 1. The van der Waals surface area contributed by atoms with Crippen LogP contribution in [0.5, 0.6) is 11.5 Å². The van der Waals surface area contributed by atoms with Crippen LogP contribution in [0.2, 0.25) is 0 Å². The molecule has 3 rings (SSSR count).